The lowest BCUT2D eigenvalue weighted by Gasteiger charge is -2.33. The molecule has 3 aromatic rings. The fourth-order valence-corrected chi connectivity index (χ4v) is 8.80. The Hall–Kier alpha value is -4.09. The molecule has 3 aromatic carbocycles. The van der Waals surface area contributed by atoms with Gasteiger partial charge < -0.3 is 25.8 Å². The highest BCUT2D eigenvalue weighted by Crippen LogP contribution is 2.31. The third-order valence-electron chi connectivity index (χ3n) is 11.6. The molecular weight excluding hydrogens is 754 g/mol. The highest BCUT2D eigenvalue weighted by Gasteiger charge is 2.42. The Bertz CT molecular complexity index is 1850. The summed E-state index contributed by atoms with van der Waals surface area (Å²) in [5.74, 6) is -1.33. The summed E-state index contributed by atoms with van der Waals surface area (Å²) < 4.78 is 30.1. The van der Waals surface area contributed by atoms with Crippen molar-refractivity contribution in [3.05, 3.63) is 88.5 Å². The number of carbonyl (C=O) groups is 3. The van der Waals surface area contributed by atoms with Crippen LogP contribution < -0.4 is 4.74 Å². The molecule has 13 heteroatoms. The van der Waals surface area contributed by atoms with Crippen LogP contribution in [0, 0.1) is 13.8 Å². The number of halogens is 1. The molecule has 3 atom stereocenters. The molecule has 0 aromatic heterocycles. The minimum absolute atomic E-state index is 0.0202. The Morgan fingerprint density at radius 1 is 0.828 bits per heavy atom. The van der Waals surface area contributed by atoms with Gasteiger partial charge in [0.05, 0.1) is 19.7 Å². The van der Waals surface area contributed by atoms with Crippen LogP contribution in [0.4, 0.5) is 3.52 Å². The number of aliphatic carboxylic acids is 1. The Kier molecular flexibility index (Phi) is 16.3. The molecule has 0 spiro atoms. The smallest absolute Gasteiger partial charge is 0.558 e. The number of aryl methyl sites for hydroxylation is 1. The van der Waals surface area contributed by atoms with E-state index in [9.17, 15) is 23.0 Å². The first kappa shape index (κ1) is 43.5. The molecule has 3 aliphatic heterocycles. The van der Waals surface area contributed by atoms with Crippen LogP contribution in [0.2, 0.25) is 0 Å². The van der Waals surface area contributed by atoms with Crippen LogP contribution >= 0.6 is 0 Å². The second-order valence-electron chi connectivity index (χ2n) is 15.8. The summed E-state index contributed by atoms with van der Waals surface area (Å²) in [6.07, 6.45) is 10.8. The minimum atomic E-state index is -3.82. The van der Waals surface area contributed by atoms with Gasteiger partial charge in [-0.15, -0.1) is 0 Å². The van der Waals surface area contributed by atoms with Crippen molar-refractivity contribution >= 4 is 45.3 Å². The zero-order valence-electron chi connectivity index (χ0n) is 34.1. The number of carboxylic acids is 1. The molecule has 3 heterocycles. The molecule has 58 heavy (non-hydrogen) atoms. The maximum Gasteiger partial charge on any atom is 1.15 e. The summed E-state index contributed by atoms with van der Waals surface area (Å²) in [6.45, 7) is 11.0. The number of hydrogen-bond donors (Lipinski definition) is 1. The Labute approximate surface area is 347 Å². The molecule has 310 valence electrons. The molecule has 0 aliphatic carbocycles. The van der Waals surface area contributed by atoms with Crippen molar-refractivity contribution in [2.45, 2.75) is 71.4 Å². The number of nitrogens with zero attached hydrogens (tertiary/aromatic N) is 4. The number of ether oxygens (including phenoxy) is 1. The molecule has 0 radical (unpaired) electrons. The molecule has 2 unspecified atom stereocenters. The Morgan fingerprint density at radius 2 is 1.50 bits per heavy atom. The van der Waals surface area contributed by atoms with Gasteiger partial charge in [0.15, 0.2) is 0 Å². The highest BCUT2D eigenvalue weighted by atomic mass is 27.3. The van der Waals surface area contributed by atoms with Gasteiger partial charge in [0, 0.05) is 51.4 Å². The number of fused-ring (bicyclic) bond motifs is 3. The van der Waals surface area contributed by atoms with Crippen molar-refractivity contribution < 1.29 is 35.3 Å². The van der Waals surface area contributed by atoms with Gasteiger partial charge in [0.25, 0.3) is 11.9 Å². The van der Waals surface area contributed by atoms with E-state index in [0.29, 0.717) is 45.8 Å². The third kappa shape index (κ3) is 12.7. The number of unbranched alkanes of at least 4 members (excludes halogenated alkanes) is 3. The van der Waals surface area contributed by atoms with Crippen LogP contribution in [0.1, 0.15) is 72.8 Å². The minimum Gasteiger partial charge on any atom is -0.558 e. The number of carboxylic acid groups (broad SMARTS) is 1. The molecule has 11 nitrogen and oxygen atoms in total. The van der Waals surface area contributed by atoms with Gasteiger partial charge in [0.1, 0.15) is 11.8 Å². The van der Waals surface area contributed by atoms with E-state index in [1.54, 1.807) is 0 Å². The second-order valence-corrected chi connectivity index (χ2v) is 16.8. The normalized spacial score (nSPS) is 21.4. The largest absolute Gasteiger partial charge is 1.15 e. The Balaban J connectivity index is 1.07. The summed E-state index contributed by atoms with van der Waals surface area (Å²) in [5.41, 5.74) is 7.96. The SMILES string of the molecule is Cc1cc(CN2CCCC[C@H]2C(=O)O)c(OCCCCCCN2CCN3CCN(CC2)CC(=O)[O][Al]([F])[O]C(=O)C3)cc1/C=C/c1cccc(-c2ccccc2)c1C. The van der Waals surface area contributed by atoms with E-state index in [2.05, 4.69) is 90.4 Å². The number of benzene rings is 3. The summed E-state index contributed by atoms with van der Waals surface area (Å²) in [7, 11) is 0. The van der Waals surface area contributed by atoms with Gasteiger partial charge in [0.2, 0.25) is 0 Å². The van der Waals surface area contributed by atoms with Gasteiger partial charge >= 0.3 is 21.2 Å². The highest BCUT2D eigenvalue weighted by molar-refractivity contribution is 6.41. The van der Waals surface area contributed by atoms with Crippen LogP contribution in [0.25, 0.3) is 23.3 Å². The van der Waals surface area contributed by atoms with Gasteiger partial charge in [-0.25, -0.2) is 0 Å². The van der Waals surface area contributed by atoms with Crippen LogP contribution in [0.15, 0.2) is 60.7 Å². The van der Waals surface area contributed by atoms with E-state index in [1.165, 1.54) is 16.7 Å². The van der Waals surface area contributed by atoms with E-state index in [0.717, 1.165) is 92.7 Å². The first-order chi connectivity index (χ1) is 28.1. The lowest BCUT2D eigenvalue weighted by Crippen LogP contribution is -2.44. The van der Waals surface area contributed by atoms with E-state index < -0.39 is 39.2 Å². The number of piperidine rings is 1. The predicted octanol–water partition coefficient (Wildman–Crippen LogP) is 6.49. The average Bonchev–Trinajstić information content (AvgIpc) is 3.27. The van der Waals surface area contributed by atoms with Gasteiger partial charge in [-0.2, -0.15) is 0 Å². The fourth-order valence-electron chi connectivity index (χ4n) is 8.19. The van der Waals surface area contributed by atoms with Gasteiger partial charge in [-0.1, -0.05) is 86.0 Å². The number of likely N-dealkylation sites (tertiary alicyclic amines) is 1. The van der Waals surface area contributed by atoms with E-state index in [-0.39, 0.29) is 13.1 Å². The molecule has 0 saturated carbocycles. The summed E-state index contributed by atoms with van der Waals surface area (Å²) in [4.78, 5) is 45.1. The second kappa shape index (κ2) is 21.8. The first-order valence-corrected chi connectivity index (χ1v) is 22.3. The summed E-state index contributed by atoms with van der Waals surface area (Å²) in [5, 5.41) is 9.99. The zero-order valence-corrected chi connectivity index (χ0v) is 35.2. The van der Waals surface area contributed by atoms with Crippen molar-refractivity contribution in [3.63, 3.8) is 0 Å². The lowest BCUT2D eigenvalue weighted by molar-refractivity contribution is -0.145. The zero-order chi connectivity index (χ0) is 40.9. The number of carbonyl (C=O) groups excluding carboxylic acids is 2. The van der Waals surface area contributed by atoms with Crippen molar-refractivity contribution in [3.8, 4) is 16.9 Å². The van der Waals surface area contributed by atoms with Gasteiger partial charge in [-0.3, -0.25) is 29.1 Å². The van der Waals surface area contributed by atoms with Crippen molar-refractivity contribution in [2.75, 3.05) is 72.1 Å². The molecule has 6 rings (SSSR count). The molecule has 0 amide bonds. The maximum atomic E-state index is 14.0. The number of rotatable bonds is 14. The fraction of sp³-hybridized carbons (Fsp3) is 0.489. The number of hydrogen-bond acceptors (Lipinski definition) is 10. The van der Waals surface area contributed by atoms with E-state index >= 15 is 0 Å². The summed E-state index contributed by atoms with van der Waals surface area (Å²) >= 11 is -3.82. The van der Waals surface area contributed by atoms with Crippen LogP contribution in [-0.2, 0) is 28.5 Å². The first-order valence-electron chi connectivity index (χ1n) is 20.9. The molecule has 1 N–H and O–H groups in total. The van der Waals surface area contributed by atoms with Crippen molar-refractivity contribution in [1.29, 1.82) is 0 Å². The predicted molar refractivity (Wildman–Crippen MR) is 225 cm³/mol. The summed E-state index contributed by atoms with van der Waals surface area (Å²) in [6, 6.07) is 20.6. The topological polar surface area (TPSA) is 112 Å². The Morgan fingerprint density at radius 3 is 2.21 bits per heavy atom. The van der Waals surface area contributed by atoms with Gasteiger partial charge in [-0.05, 0) is 92.1 Å². The lowest BCUT2D eigenvalue weighted by atomic mass is 9.95. The molecule has 2 bridgehead atoms. The van der Waals surface area contributed by atoms with Crippen LogP contribution in [-0.4, -0.2) is 136 Å². The quantitative estimate of drug-likeness (QED) is 0.110. The van der Waals surface area contributed by atoms with Crippen molar-refractivity contribution in [1.82, 2.24) is 19.6 Å². The molecular formula is C45H58AlFN4O7. The molecule has 3 saturated heterocycles. The third-order valence-corrected chi connectivity index (χ3v) is 12.5. The monoisotopic (exact) mass is 812 g/mol. The van der Waals surface area contributed by atoms with Crippen molar-refractivity contribution in [2.24, 2.45) is 0 Å². The van der Waals surface area contributed by atoms with E-state index in [4.69, 9.17) is 12.3 Å². The standard InChI is InChI=1S/C45H60N4O7.Al.FH/c1-34-29-39(31-49-21-10-8-17-41(49)45(54)55)42(30-38(34)19-18-36-15-12-16-40(35(36)2)37-13-6-5-7-14-37)56-28-11-4-3-9-20-46-22-24-47(32-43(50)51)26-27-48(25-23-46)33-44(52)53;;/h5-7,12-16,18-19,29-30,41H,3-4,8-11,17,20-28,31-33H2,1-2H3,(H,50,51)(H,52,53)(H,54,55);;1H/q;+3;/p-3/b19-18+;;/t41-;;/m0../s1. The molecule has 3 fully saturated rings. The maximum absolute atomic E-state index is 14.0. The molecule has 3 aliphatic rings. The van der Waals surface area contributed by atoms with Crippen LogP contribution in [0.5, 0.6) is 5.75 Å². The van der Waals surface area contributed by atoms with E-state index in [1.807, 2.05) is 15.9 Å². The van der Waals surface area contributed by atoms with Crippen LogP contribution in [0.3, 0.4) is 0 Å². The average molecular weight is 813 g/mol.